The van der Waals surface area contributed by atoms with Crippen LogP contribution in [0.15, 0.2) is 42.2 Å². The molecule has 6 N–H and O–H groups in total. The smallest absolute Gasteiger partial charge is 0.335 e. The number of hydrogen-bond acceptors (Lipinski definition) is 13. The van der Waals surface area contributed by atoms with Gasteiger partial charge in [-0.25, -0.2) is 9.59 Å². The Bertz CT molecular complexity index is 1190. The van der Waals surface area contributed by atoms with Gasteiger partial charge in [-0.05, 0) is 30.7 Å². The summed E-state index contributed by atoms with van der Waals surface area (Å²) in [5.74, 6) is -5.13. The molecule has 1 aromatic carbocycles. The first-order chi connectivity index (χ1) is 19.3. The van der Waals surface area contributed by atoms with Crippen LogP contribution in [0.5, 0.6) is 5.75 Å². The fourth-order valence-electron chi connectivity index (χ4n) is 5.54. The molecule has 0 unspecified atom stereocenters. The Morgan fingerprint density at radius 2 is 1.76 bits per heavy atom. The van der Waals surface area contributed by atoms with Crippen LogP contribution in [0.2, 0.25) is 0 Å². The number of aromatic hydroxyl groups is 1. The van der Waals surface area contributed by atoms with E-state index >= 15 is 0 Å². The minimum Gasteiger partial charge on any atom is -0.508 e. The molecule has 0 spiro atoms. The average molecular weight is 581 g/mol. The molecule has 2 heterocycles. The summed E-state index contributed by atoms with van der Waals surface area (Å²) in [5, 5.41) is 59.5. The number of aliphatic carboxylic acids is 1. The van der Waals surface area contributed by atoms with Gasteiger partial charge in [-0.2, -0.15) is 0 Å². The van der Waals surface area contributed by atoms with E-state index in [0.717, 1.165) is 19.3 Å². The SMILES string of the molecule is CC(=O)O[C@]1(C)C[C@H](OC(=O)/C=C/c2ccc(O)cc2)[C@H]2C(C(=O)O)=CO[C@H](O[C@H]3O[C@@H](CO)[C@H](O)[C@@H](O)[C@@H]3O)[C@H]21. The van der Waals surface area contributed by atoms with Crippen molar-refractivity contribution in [3.05, 3.63) is 47.7 Å². The summed E-state index contributed by atoms with van der Waals surface area (Å²) in [6, 6.07) is 5.98. The van der Waals surface area contributed by atoms with E-state index < -0.39 is 85.1 Å². The van der Waals surface area contributed by atoms with E-state index in [2.05, 4.69) is 0 Å². The number of carbonyl (C=O) groups is 3. The van der Waals surface area contributed by atoms with Gasteiger partial charge < -0.3 is 54.3 Å². The average Bonchev–Trinajstić information content (AvgIpc) is 3.19. The van der Waals surface area contributed by atoms with Crippen molar-refractivity contribution in [3.63, 3.8) is 0 Å². The van der Waals surface area contributed by atoms with Crippen molar-refractivity contribution in [1.82, 2.24) is 0 Å². The van der Waals surface area contributed by atoms with Crippen molar-refractivity contribution in [2.75, 3.05) is 6.61 Å². The van der Waals surface area contributed by atoms with E-state index in [4.69, 9.17) is 23.7 Å². The molecule has 14 nitrogen and oxygen atoms in total. The molecule has 1 saturated heterocycles. The van der Waals surface area contributed by atoms with Crippen molar-refractivity contribution in [1.29, 1.82) is 0 Å². The van der Waals surface area contributed by atoms with E-state index in [1.54, 1.807) is 12.1 Å². The molecule has 4 rings (SSSR count). The molecule has 1 aliphatic carbocycles. The minimum atomic E-state index is -1.79. The first-order valence-electron chi connectivity index (χ1n) is 12.8. The van der Waals surface area contributed by atoms with Gasteiger partial charge in [0.15, 0.2) is 6.29 Å². The molecule has 10 atom stereocenters. The van der Waals surface area contributed by atoms with Crippen molar-refractivity contribution in [2.24, 2.45) is 11.8 Å². The lowest BCUT2D eigenvalue weighted by Crippen LogP contribution is -2.61. The fourth-order valence-corrected chi connectivity index (χ4v) is 5.54. The number of carbonyl (C=O) groups excluding carboxylic acids is 2. The van der Waals surface area contributed by atoms with Crippen LogP contribution < -0.4 is 0 Å². The van der Waals surface area contributed by atoms with Gasteiger partial charge in [0.25, 0.3) is 0 Å². The normalized spacial score (nSPS) is 36.6. The lowest BCUT2D eigenvalue weighted by Gasteiger charge is -2.44. The lowest BCUT2D eigenvalue weighted by atomic mass is 9.80. The van der Waals surface area contributed by atoms with Gasteiger partial charge in [-0.15, -0.1) is 0 Å². The molecule has 0 aromatic heterocycles. The maximum Gasteiger partial charge on any atom is 0.335 e. The first-order valence-corrected chi connectivity index (χ1v) is 12.8. The number of benzene rings is 1. The number of rotatable bonds is 8. The molecule has 224 valence electrons. The van der Waals surface area contributed by atoms with Crippen LogP contribution in [0.4, 0.5) is 0 Å². The number of aliphatic hydroxyl groups is 4. The van der Waals surface area contributed by atoms with Crippen LogP contribution in [0.1, 0.15) is 25.8 Å². The van der Waals surface area contributed by atoms with E-state index in [0.29, 0.717) is 5.56 Å². The van der Waals surface area contributed by atoms with Crippen LogP contribution >= 0.6 is 0 Å². The highest BCUT2D eigenvalue weighted by Crippen LogP contribution is 2.52. The Kier molecular flexibility index (Phi) is 9.01. The highest BCUT2D eigenvalue weighted by molar-refractivity contribution is 5.89. The molecule has 2 aliphatic heterocycles. The topological polar surface area (TPSA) is 219 Å². The van der Waals surface area contributed by atoms with E-state index in [9.17, 15) is 45.0 Å². The molecular formula is C27H32O14. The number of carboxylic acids is 1. The summed E-state index contributed by atoms with van der Waals surface area (Å²) in [6.45, 7) is 1.92. The molecule has 1 saturated carbocycles. The maximum atomic E-state index is 12.8. The third-order valence-corrected chi connectivity index (χ3v) is 7.39. The summed E-state index contributed by atoms with van der Waals surface area (Å²) in [4.78, 5) is 37.1. The second kappa shape index (κ2) is 12.1. The lowest BCUT2D eigenvalue weighted by molar-refractivity contribution is -0.346. The highest BCUT2D eigenvalue weighted by atomic mass is 16.8. The molecule has 0 bridgehead atoms. The van der Waals surface area contributed by atoms with Crippen LogP contribution in [0, 0.1) is 11.8 Å². The number of fused-ring (bicyclic) bond motifs is 1. The summed E-state index contributed by atoms with van der Waals surface area (Å²) >= 11 is 0. The molecule has 2 fully saturated rings. The fraction of sp³-hybridized carbons (Fsp3) is 0.519. The largest absolute Gasteiger partial charge is 0.508 e. The van der Waals surface area contributed by atoms with Crippen LogP contribution in [0.25, 0.3) is 6.08 Å². The number of aliphatic hydroxyl groups excluding tert-OH is 4. The maximum absolute atomic E-state index is 12.8. The van der Waals surface area contributed by atoms with Gasteiger partial charge in [-0.1, -0.05) is 12.1 Å². The Morgan fingerprint density at radius 3 is 2.37 bits per heavy atom. The van der Waals surface area contributed by atoms with E-state index in [1.807, 2.05) is 0 Å². The Morgan fingerprint density at radius 1 is 1.07 bits per heavy atom. The van der Waals surface area contributed by atoms with E-state index in [-0.39, 0.29) is 17.7 Å². The predicted octanol–water partition coefficient (Wildman–Crippen LogP) is -0.584. The number of phenolic OH excluding ortho intramolecular Hbond substituents is 1. The second-order valence-corrected chi connectivity index (χ2v) is 10.3. The Balaban J connectivity index is 1.63. The van der Waals surface area contributed by atoms with Gasteiger partial charge in [0.1, 0.15) is 41.9 Å². The van der Waals surface area contributed by atoms with Crippen molar-refractivity contribution >= 4 is 24.0 Å². The van der Waals surface area contributed by atoms with Gasteiger partial charge in [0, 0.05) is 25.3 Å². The van der Waals surface area contributed by atoms with E-state index in [1.165, 1.54) is 25.1 Å². The number of esters is 2. The molecule has 41 heavy (non-hydrogen) atoms. The molecule has 0 amide bonds. The van der Waals surface area contributed by atoms with Crippen molar-refractivity contribution in [3.8, 4) is 5.75 Å². The number of hydrogen-bond donors (Lipinski definition) is 6. The summed E-state index contributed by atoms with van der Waals surface area (Å²) in [5.41, 5.74) is -1.21. The molecular weight excluding hydrogens is 548 g/mol. The standard InChI is InChI=1S/C27H32O14/c1-12(29)41-27(2)9-16(38-18(31)8-5-13-3-6-14(30)7-4-13)19-15(24(35)36)11-37-25(20(19)27)40-26-23(34)22(33)21(32)17(10-28)39-26/h3-8,11,16-17,19-23,25-26,28,30,32-34H,9-10H2,1-2H3,(H,35,36)/b8-5+/t16-,17-,19+,20-,21-,22+,23-,25+,26+,27+/m0/s1. The molecule has 0 radical (unpaired) electrons. The van der Waals surface area contributed by atoms with Crippen molar-refractivity contribution < 1.29 is 68.7 Å². The van der Waals surface area contributed by atoms with Gasteiger partial charge >= 0.3 is 17.9 Å². The zero-order valence-corrected chi connectivity index (χ0v) is 22.1. The number of carboxylic acid groups (broad SMARTS) is 1. The highest BCUT2D eigenvalue weighted by Gasteiger charge is 2.63. The number of ether oxygens (including phenoxy) is 5. The van der Waals surface area contributed by atoms with Gasteiger partial charge in [-0.3, -0.25) is 4.79 Å². The summed E-state index contributed by atoms with van der Waals surface area (Å²) in [6.07, 6.45) is -7.42. The predicted molar refractivity (Wildman–Crippen MR) is 134 cm³/mol. The molecule has 1 aromatic rings. The zero-order valence-electron chi connectivity index (χ0n) is 22.1. The summed E-state index contributed by atoms with van der Waals surface area (Å²) < 4.78 is 28.0. The Hall–Kier alpha value is -3.53. The molecule has 3 aliphatic rings. The number of phenols is 1. The van der Waals surface area contributed by atoms with Crippen molar-refractivity contribution in [2.45, 2.75) is 69.0 Å². The van der Waals surface area contributed by atoms with Crippen LogP contribution in [-0.4, -0.2) is 104 Å². The summed E-state index contributed by atoms with van der Waals surface area (Å²) in [7, 11) is 0. The zero-order chi connectivity index (χ0) is 30.1. The minimum absolute atomic E-state index is 0.0412. The third kappa shape index (κ3) is 6.37. The second-order valence-electron chi connectivity index (χ2n) is 10.3. The van der Waals surface area contributed by atoms with Crippen LogP contribution in [-0.2, 0) is 38.1 Å². The van der Waals surface area contributed by atoms with Crippen LogP contribution in [0.3, 0.4) is 0 Å². The van der Waals surface area contributed by atoms with Gasteiger partial charge in [0.2, 0.25) is 6.29 Å². The first kappa shape index (κ1) is 30.4. The van der Waals surface area contributed by atoms with Gasteiger partial charge in [0.05, 0.1) is 24.4 Å². The third-order valence-electron chi connectivity index (χ3n) is 7.39. The Labute approximate surface area is 234 Å². The quantitative estimate of drug-likeness (QED) is 0.167. The molecule has 14 heteroatoms. The monoisotopic (exact) mass is 580 g/mol.